The highest BCUT2D eigenvalue weighted by Gasteiger charge is 2.34. The molecule has 2 heterocycles. The molecule has 1 N–H and O–H groups in total. The van der Waals surface area contributed by atoms with Crippen molar-refractivity contribution in [3.63, 3.8) is 0 Å². The van der Waals surface area contributed by atoms with Gasteiger partial charge in [-0.05, 0) is 42.2 Å². The van der Waals surface area contributed by atoms with Crippen LogP contribution in [0.2, 0.25) is 0 Å². The van der Waals surface area contributed by atoms with E-state index in [-0.39, 0.29) is 0 Å². The smallest absolute Gasteiger partial charge is 0.225 e. The lowest BCUT2D eigenvalue weighted by Crippen LogP contribution is -2.47. The molecule has 0 spiro atoms. The van der Waals surface area contributed by atoms with Crippen LogP contribution in [0.25, 0.3) is 5.57 Å². The Balaban J connectivity index is 1.48. The minimum absolute atomic E-state index is 0.746. The number of ether oxygens (including phenoxy) is 1. The van der Waals surface area contributed by atoms with Gasteiger partial charge in [0, 0.05) is 45.1 Å². The van der Waals surface area contributed by atoms with Gasteiger partial charge < -0.3 is 14.7 Å². The summed E-state index contributed by atoms with van der Waals surface area (Å²) in [5.41, 5.74) is 1.37. The van der Waals surface area contributed by atoms with Gasteiger partial charge in [-0.1, -0.05) is 37.5 Å². The van der Waals surface area contributed by atoms with Crippen LogP contribution in [0.3, 0.4) is 0 Å². The molecule has 2 fully saturated rings. The molecule has 1 aromatic carbocycles. The molecule has 1 saturated heterocycles. The molecule has 160 valence electrons. The Morgan fingerprint density at radius 2 is 1.80 bits per heavy atom. The van der Waals surface area contributed by atoms with Crippen molar-refractivity contribution in [2.45, 2.75) is 37.7 Å². The van der Waals surface area contributed by atoms with Crippen molar-refractivity contribution >= 4 is 11.5 Å². The molecule has 1 aromatic heterocycles. The highest BCUT2D eigenvalue weighted by molar-refractivity contribution is 5.73. The zero-order valence-corrected chi connectivity index (χ0v) is 17.8. The maximum absolute atomic E-state index is 11.5. The van der Waals surface area contributed by atoms with Crippen LogP contribution in [0.5, 0.6) is 5.75 Å². The molecule has 6 nitrogen and oxygen atoms in total. The molecule has 0 atom stereocenters. The first-order valence-electron chi connectivity index (χ1n) is 11.0. The average molecular weight is 409 g/mol. The molecule has 0 amide bonds. The van der Waals surface area contributed by atoms with E-state index in [1.807, 2.05) is 24.3 Å². The maximum atomic E-state index is 11.5. The first-order chi connectivity index (χ1) is 14.7. The standard InChI is InChI=1S/C24H32N4O2/c1-30-21-8-5-7-20(19-21)22(24(29)10-3-2-4-11-24)9-14-27-15-17-28(18-16-27)23-25-12-6-13-26-23/h5-9,12-13,19,29H,2-4,10-11,14-18H2,1H3. The summed E-state index contributed by atoms with van der Waals surface area (Å²) in [6.07, 6.45) is 10.9. The topological polar surface area (TPSA) is 61.7 Å². The monoisotopic (exact) mass is 408 g/mol. The molecular formula is C24H32N4O2. The Bertz CT molecular complexity index is 841. The second-order valence-electron chi connectivity index (χ2n) is 8.28. The van der Waals surface area contributed by atoms with Crippen molar-refractivity contribution < 1.29 is 9.84 Å². The number of methoxy groups -OCH3 is 1. The van der Waals surface area contributed by atoms with E-state index in [1.54, 1.807) is 19.5 Å². The van der Waals surface area contributed by atoms with Crippen molar-refractivity contribution in [1.82, 2.24) is 14.9 Å². The zero-order valence-electron chi connectivity index (χ0n) is 17.8. The van der Waals surface area contributed by atoms with Gasteiger partial charge in [0.2, 0.25) is 5.95 Å². The Morgan fingerprint density at radius 3 is 2.50 bits per heavy atom. The summed E-state index contributed by atoms with van der Waals surface area (Å²) in [5, 5.41) is 11.5. The first kappa shape index (κ1) is 20.8. The number of anilines is 1. The van der Waals surface area contributed by atoms with E-state index in [9.17, 15) is 5.11 Å². The minimum atomic E-state index is -0.746. The second-order valence-corrected chi connectivity index (χ2v) is 8.28. The molecule has 1 aliphatic carbocycles. The van der Waals surface area contributed by atoms with Crippen molar-refractivity contribution in [3.8, 4) is 5.75 Å². The van der Waals surface area contributed by atoms with Gasteiger partial charge >= 0.3 is 0 Å². The lowest BCUT2D eigenvalue weighted by molar-refractivity contribution is 0.0610. The van der Waals surface area contributed by atoms with Crippen LogP contribution in [-0.2, 0) is 0 Å². The van der Waals surface area contributed by atoms with E-state index >= 15 is 0 Å². The molecule has 0 unspecified atom stereocenters. The van der Waals surface area contributed by atoms with E-state index < -0.39 is 5.60 Å². The number of aromatic nitrogens is 2. The summed E-state index contributed by atoms with van der Waals surface area (Å²) in [5.74, 6) is 1.63. The van der Waals surface area contributed by atoms with Crippen LogP contribution in [0.15, 0.2) is 48.8 Å². The van der Waals surface area contributed by atoms with Gasteiger partial charge in [-0.2, -0.15) is 0 Å². The normalized spacial score (nSPS) is 20.2. The van der Waals surface area contributed by atoms with E-state index in [4.69, 9.17) is 4.74 Å². The summed E-state index contributed by atoms with van der Waals surface area (Å²) in [6, 6.07) is 9.94. The molecule has 4 rings (SSSR count). The number of piperazine rings is 1. The number of rotatable bonds is 6. The summed E-state index contributed by atoms with van der Waals surface area (Å²) >= 11 is 0. The third-order valence-electron chi connectivity index (χ3n) is 6.32. The van der Waals surface area contributed by atoms with Crippen molar-refractivity contribution in [2.75, 3.05) is 44.7 Å². The Hall–Kier alpha value is -2.44. The Kier molecular flexibility index (Phi) is 6.65. The van der Waals surface area contributed by atoms with Crippen LogP contribution in [0.1, 0.15) is 37.7 Å². The van der Waals surface area contributed by atoms with Crippen LogP contribution in [0, 0.1) is 0 Å². The predicted octanol–water partition coefficient (Wildman–Crippen LogP) is 3.39. The number of benzene rings is 1. The summed E-state index contributed by atoms with van der Waals surface area (Å²) < 4.78 is 5.44. The quantitative estimate of drug-likeness (QED) is 0.791. The highest BCUT2D eigenvalue weighted by atomic mass is 16.5. The van der Waals surface area contributed by atoms with E-state index in [1.165, 1.54) is 6.42 Å². The van der Waals surface area contributed by atoms with E-state index in [0.29, 0.717) is 0 Å². The first-order valence-corrected chi connectivity index (χ1v) is 11.0. The summed E-state index contributed by atoms with van der Waals surface area (Å²) in [7, 11) is 1.69. The fraction of sp³-hybridized carbons (Fsp3) is 0.500. The molecule has 6 heteroatoms. The fourth-order valence-electron chi connectivity index (χ4n) is 4.58. The van der Waals surface area contributed by atoms with Crippen LogP contribution >= 0.6 is 0 Å². The maximum Gasteiger partial charge on any atom is 0.225 e. The molecule has 2 aliphatic rings. The van der Waals surface area contributed by atoms with E-state index in [2.05, 4.69) is 31.9 Å². The minimum Gasteiger partial charge on any atom is -0.497 e. The largest absolute Gasteiger partial charge is 0.497 e. The third kappa shape index (κ3) is 4.82. The predicted molar refractivity (Wildman–Crippen MR) is 120 cm³/mol. The third-order valence-corrected chi connectivity index (χ3v) is 6.32. The zero-order chi connectivity index (χ0) is 20.8. The van der Waals surface area contributed by atoms with Gasteiger partial charge in [-0.25, -0.2) is 9.97 Å². The van der Waals surface area contributed by atoms with E-state index in [0.717, 1.165) is 81.2 Å². The van der Waals surface area contributed by atoms with Gasteiger partial charge in [0.25, 0.3) is 0 Å². The van der Waals surface area contributed by atoms with Gasteiger partial charge in [0.15, 0.2) is 0 Å². The summed E-state index contributed by atoms with van der Waals surface area (Å²) in [4.78, 5) is 13.4. The van der Waals surface area contributed by atoms with Crippen molar-refractivity contribution in [2.24, 2.45) is 0 Å². The molecule has 1 saturated carbocycles. The van der Waals surface area contributed by atoms with Crippen LogP contribution in [0.4, 0.5) is 5.95 Å². The van der Waals surface area contributed by atoms with Gasteiger partial charge in [-0.15, -0.1) is 0 Å². The molecule has 1 aliphatic heterocycles. The highest BCUT2D eigenvalue weighted by Crippen LogP contribution is 2.40. The Labute approximate surface area is 179 Å². The lowest BCUT2D eigenvalue weighted by Gasteiger charge is -2.37. The average Bonchev–Trinajstić information content (AvgIpc) is 2.81. The molecular weight excluding hydrogens is 376 g/mol. The molecule has 0 radical (unpaired) electrons. The number of nitrogens with zero attached hydrogens (tertiary/aromatic N) is 4. The van der Waals surface area contributed by atoms with Gasteiger partial charge in [0.1, 0.15) is 5.75 Å². The molecule has 0 bridgehead atoms. The summed E-state index contributed by atoms with van der Waals surface area (Å²) in [6.45, 7) is 4.57. The second kappa shape index (κ2) is 9.58. The molecule has 2 aromatic rings. The van der Waals surface area contributed by atoms with Crippen molar-refractivity contribution in [1.29, 1.82) is 0 Å². The molecule has 30 heavy (non-hydrogen) atoms. The Morgan fingerprint density at radius 1 is 1.07 bits per heavy atom. The SMILES string of the molecule is COc1cccc(C(=CCN2CCN(c3ncccn3)CC2)C2(O)CCCCC2)c1. The lowest BCUT2D eigenvalue weighted by atomic mass is 9.76. The van der Waals surface area contributed by atoms with Crippen LogP contribution in [-0.4, -0.2) is 65.4 Å². The van der Waals surface area contributed by atoms with Crippen molar-refractivity contribution in [3.05, 3.63) is 54.4 Å². The van der Waals surface area contributed by atoms with Gasteiger partial charge in [-0.3, -0.25) is 4.90 Å². The number of hydrogen-bond donors (Lipinski definition) is 1. The van der Waals surface area contributed by atoms with Crippen LogP contribution < -0.4 is 9.64 Å². The number of aliphatic hydroxyl groups is 1. The van der Waals surface area contributed by atoms with Gasteiger partial charge in [0.05, 0.1) is 12.7 Å². The number of hydrogen-bond acceptors (Lipinski definition) is 6. The fourth-order valence-corrected chi connectivity index (χ4v) is 4.58.